The minimum Gasteiger partial charge on any atom is -0.496 e. The van der Waals surface area contributed by atoms with Crippen LogP contribution in [0.5, 0.6) is 23.0 Å². The van der Waals surface area contributed by atoms with E-state index in [1.807, 2.05) is 0 Å². The average Bonchev–Trinajstić information content (AvgIpc) is 3.04. The molecule has 0 unspecified atom stereocenters. The zero-order valence-electron chi connectivity index (χ0n) is 27.6. The van der Waals surface area contributed by atoms with Gasteiger partial charge in [-0.25, -0.2) is 4.58 Å². The van der Waals surface area contributed by atoms with Crippen LogP contribution in [-0.4, -0.2) is 67.7 Å². The van der Waals surface area contributed by atoms with Gasteiger partial charge in [0.1, 0.15) is 47.4 Å². The molecule has 0 fully saturated rings. The summed E-state index contributed by atoms with van der Waals surface area (Å²) in [4.78, 5) is 4.56. The first-order valence-corrected chi connectivity index (χ1v) is 15.4. The van der Waals surface area contributed by atoms with Crippen LogP contribution in [0.15, 0.2) is 40.8 Å². The summed E-state index contributed by atoms with van der Waals surface area (Å²) in [5.41, 5.74) is 5.29. The lowest BCUT2D eigenvalue weighted by Crippen LogP contribution is -2.29. The topological polar surface area (TPSA) is 59.6 Å². The fourth-order valence-electron chi connectivity index (χ4n) is 6.08. The average molecular weight is 591 g/mol. The Hall–Kier alpha value is -4.07. The van der Waals surface area contributed by atoms with Gasteiger partial charge in [-0.2, -0.15) is 0 Å². The van der Waals surface area contributed by atoms with Crippen LogP contribution >= 0.6 is 0 Å². The highest BCUT2D eigenvalue weighted by Gasteiger charge is 2.30. The van der Waals surface area contributed by atoms with E-state index >= 15 is 0 Å². The standard InChI is InChI=1S/C35H48N3O5/c1-11-36(12-2)23-17-26(39-7)32(27(18-23)40-8)35-33-28(41-9)19-24(37(13-3)14-4)21-30(33)43-31-22-25(38(15-5)16-6)20-29(42-10)34(31)35/h17-22H,11-16H2,1-10H3/q+1. The number of hydrogen-bond donors (Lipinski definition) is 0. The third kappa shape index (κ3) is 5.79. The first kappa shape index (κ1) is 31.9. The Bertz CT molecular complexity index is 1570. The second kappa shape index (κ2) is 13.9. The van der Waals surface area contributed by atoms with Crippen molar-refractivity contribution in [2.75, 3.05) is 77.5 Å². The van der Waals surface area contributed by atoms with E-state index in [0.29, 0.717) is 34.3 Å². The molecule has 0 aromatic heterocycles. The Morgan fingerprint density at radius 3 is 1.49 bits per heavy atom. The molecule has 1 aliphatic heterocycles. The van der Waals surface area contributed by atoms with Crippen LogP contribution in [0.3, 0.4) is 0 Å². The highest BCUT2D eigenvalue weighted by atomic mass is 16.5. The number of anilines is 2. The molecule has 2 aromatic rings. The molecule has 2 aromatic carbocycles. The van der Waals surface area contributed by atoms with E-state index in [4.69, 9.17) is 23.4 Å². The second-order valence-electron chi connectivity index (χ2n) is 10.3. The quantitative estimate of drug-likeness (QED) is 0.126. The third-order valence-corrected chi connectivity index (χ3v) is 8.39. The summed E-state index contributed by atoms with van der Waals surface area (Å²) in [5.74, 6) is 3.50. The molecule has 1 aliphatic carbocycles. The van der Waals surface area contributed by atoms with E-state index in [1.54, 1.807) is 28.4 Å². The molecule has 4 rings (SSSR count). The minimum atomic E-state index is 0.694. The van der Waals surface area contributed by atoms with Crippen molar-refractivity contribution < 1.29 is 23.4 Å². The number of hydrogen-bond acceptors (Lipinski definition) is 7. The van der Waals surface area contributed by atoms with Gasteiger partial charge in [-0.1, -0.05) is 0 Å². The van der Waals surface area contributed by atoms with Gasteiger partial charge in [0, 0.05) is 67.4 Å². The van der Waals surface area contributed by atoms with Gasteiger partial charge in [0.05, 0.1) is 57.1 Å². The molecule has 0 amide bonds. The van der Waals surface area contributed by atoms with Gasteiger partial charge in [0.25, 0.3) is 0 Å². The Kier molecular flexibility index (Phi) is 10.3. The van der Waals surface area contributed by atoms with Crippen molar-refractivity contribution in [2.45, 2.75) is 41.5 Å². The number of nitrogens with zero attached hydrogens (tertiary/aromatic N) is 3. The normalized spacial score (nSPS) is 11.1. The van der Waals surface area contributed by atoms with Gasteiger partial charge in [0.2, 0.25) is 5.36 Å². The molecule has 1 heterocycles. The molecular weight excluding hydrogens is 542 g/mol. The molecule has 0 saturated carbocycles. The molecule has 232 valence electrons. The smallest absolute Gasteiger partial charge is 0.207 e. The highest BCUT2D eigenvalue weighted by molar-refractivity contribution is 6.10. The van der Waals surface area contributed by atoms with E-state index in [-0.39, 0.29) is 0 Å². The van der Waals surface area contributed by atoms with E-state index in [1.165, 1.54) is 0 Å². The van der Waals surface area contributed by atoms with Gasteiger partial charge < -0.3 is 33.2 Å². The zero-order valence-corrected chi connectivity index (χ0v) is 27.6. The molecule has 43 heavy (non-hydrogen) atoms. The molecule has 8 heteroatoms. The fraction of sp³-hybridized carbons (Fsp3) is 0.457. The van der Waals surface area contributed by atoms with E-state index < -0.39 is 0 Å². The molecule has 2 aliphatic rings. The Labute approximate surface area is 256 Å². The van der Waals surface area contributed by atoms with Gasteiger partial charge in [-0.3, -0.25) is 0 Å². The van der Waals surface area contributed by atoms with E-state index in [0.717, 1.165) is 78.1 Å². The van der Waals surface area contributed by atoms with Crippen molar-refractivity contribution in [1.29, 1.82) is 0 Å². The third-order valence-electron chi connectivity index (χ3n) is 8.39. The zero-order chi connectivity index (χ0) is 31.3. The van der Waals surface area contributed by atoms with Crippen molar-refractivity contribution in [1.82, 2.24) is 4.58 Å². The second-order valence-corrected chi connectivity index (χ2v) is 10.3. The Balaban J connectivity index is 2.31. The summed E-state index contributed by atoms with van der Waals surface area (Å²) in [6.07, 6.45) is 0. The van der Waals surface area contributed by atoms with E-state index in [9.17, 15) is 0 Å². The number of benzene rings is 3. The lowest BCUT2D eigenvalue weighted by atomic mass is 9.90. The predicted octanol–water partition coefficient (Wildman–Crippen LogP) is 6.74. The van der Waals surface area contributed by atoms with Crippen LogP contribution in [0.1, 0.15) is 41.5 Å². The maximum absolute atomic E-state index is 6.79. The molecule has 8 nitrogen and oxygen atoms in total. The number of rotatable bonds is 13. The van der Waals surface area contributed by atoms with E-state index in [2.05, 4.69) is 92.3 Å². The fourth-order valence-corrected chi connectivity index (χ4v) is 6.08. The first-order chi connectivity index (χ1) is 20.9. The van der Waals surface area contributed by atoms with Crippen LogP contribution in [0, 0.1) is 0 Å². The van der Waals surface area contributed by atoms with Crippen LogP contribution < -0.4 is 38.7 Å². The molecule has 0 atom stereocenters. The summed E-state index contributed by atoms with van der Waals surface area (Å²) < 4.78 is 33.5. The molecule has 0 N–H and O–H groups in total. The highest BCUT2D eigenvalue weighted by Crippen LogP contribution is 2.53. The lowest BCUT2D eigenvalue weighted by Gasteiger charge is -2.27. The molecule has 0 spiro atoms. The Morgan fingerprint density at radius 2 is 1.02 bits per heavy atom. The summed E-state index contributed by atoms with van der Waals surface area (Å²) >= 11 is 0. The number of ether oxygens (including phenoxy) is 4. The lowest BCUT2D eigenvalue weighted by molar-refractivity contribution is 0.397. The van der Waals surface area contributed by atoms with Crippen molar-refractivity contribution in [3.63, 3.8) is 0 Å². The largest absolute Gasteiger partial charge is 0.496 e. The minimum absolute atomic E-state index is 0.694. The van der Waals surface area contributed by atoms with Crippen molar-refractivity contribution in [3.05, 3.63) is 41.8 Å². The van der Waals surface area contributed by atoms with Gasteiger partial charge in [-0.05, 0) is 41.5 Å². The summed E-state index contributed by atoms with van der Waals surface area (Å²) in [5, 5.41) is 1.86. The van der Waals surface area contributed by atoms with Gasteiger partial charge in [0.15, 0.2) is 0 Å². The van der Waals surface area contributed by atoms with Crippen molar-refractivity contribution >= 4 is 22.3 Å². The van der Waals surface area contributed by atoms with Gasteiger partial charge >= 0.3 is 0 Å². The van der Waals surface area contributed by atoms with Crippen LogP contribution in [0.4, 0.5) is 11.4 Å². The van der Waals surface area contributed by atoms with Crippen LogP contribution in [-0.2, 0) is 0 Å². The monoisotopic (exact) mass is 590 g/mol. The SMILES string of the molecule is CCN(CC)c1cc(OC)c(-c2c3c(OC)cc(=[N+](CC)CC)cc-3oc3cc(N(CC)CC)cc(OC)c23)c(OC)c1. The van der Waals surface area contributed by atoms with Crippen molar-refractivity contribution in [2.24, 2.45) is 0 Å². The molecule has 0 saturated heterocycles. The molecular formula is C35H48N3O5+. The van der Waals surface area contributed by atoms with Gasteiger partial charge in [-0.15, -0.1) is 0 Å². The molecule has 0 radical (unpaired) electrons. The maximum Gasteiger partial charge on any atom is 0.207 e. The maximum atomic E-state index is 6.79. The Morgan fingerprint density at radius 1 is 0.558 bits per heavy atom. The predicted molar refractivity (Wildman–Crippen MR) is 178 cm³/mol. The number of fused-ring (bicyclic) bond motifs is 2. The van der Waals surface area contributed by atoms with Crippen LogP contribution in [0.2, 0.25) is 0 Å². The summed E-state index contributed by atoms with van der Waals surface area (Å²) in [7, 11) is 6.81. The first-order valence-electron chi connectivity index (χ1n) is 15.4. The summed E-state index contributed by atoms with van der Waals surface area (Å²) in [6.45, 7) is 18.1. The van der Waals surface area contributed by atoms with Crippen molar-refractivity contribution in [3.8, 4) is 45.4 Å². The summed E-state index contributed by atoms with van der Waals surface area (Å²) in [6, 6.07) is 12.5. The van der Waals surface area contributed by atoms with Crippen LogP contribution in [0.25, 0.3) is 33.4 Å². The molecule has 0 bridgehead atoms. The number of methoxy groups -OCH3 is 4.